The fraction of sp³-hybridized carbons (Fsp3) is 0.467. The van der Waals surface area contributed by atoms with Crippen molar-refractivity contribution in [3.8, 4) is 0 Å². The van der Waals surface area contributed by atoms with E-state index in [2.05, 4.69) is 10.6 Å². The summed E-state index contributed by atoms with van der Waals surface area (Å²) < 4.78 is 36.8. The number of anilines is 1. The molecule has 1 aromatic rings. The zero-order valence-electron chi connectivity index (χ0n) is 14.4. The molecule has 0 aromatic heterocycles. The Bertz CT molecular complexity index is 754. The molecular weight excluding hydrogens is 352 g/mol. The van der Waals surface area contributed by atoms with Crippen LogP contribution in [0.4, 0.5) is 10.5 Å². The van der Waals surface area contributed by atoms with Gasteiger partial charge in [0.25, 0.3) is 10.1 Å². The van der Waals surface area contributed by atoms with Crippen molar-refractivity contribution in [3.63, 3.8) is 0 Å². The van der Waals surface area contributed by atoms with Crippen LogP contribution in [-0.4, -0.2) is 41.7 Å². The Labute approximate surface area is 146 Å². The van der Waals surface area contributed by atoms with Crippen molar-refractivity contribution in [2.75, 3.05) is 5.32 Å². The number of nitrogens with one attached hydrogen (secondary N) is 2. The first-order chi connectivity index (χ1) is 11.3. The maximum atomic E-state index is 12.1. The summed E-state index contributed by atoms with van der Waals surface area (Å²) in [5.41, 5.74) is -0.654. The Hall–Kier alpha value is -2.17. The first-order valence-corrected chi connectivity index (χ1v) is 8.79. The number of alkyl carbamates (subject to hydrolysis) is 1. The molecular formula is C15H22N2O7S. The predicted molar refractivity (Wildman–Crippen MR) is 89.6 cm³/mol. The van der Waals surface area contributed by atoms with Crippen LogP contribution < -0.4 is 10.6 Å². The Kier molecular flexibility index (Phi) is 6.52. The Morgan fingerprint density at radius 2 is 1.88 bits per heavy atom. The number of amides is 2. The van der Waals surface area contributed by atoms with E-state index in [4.69, 9.17) is 9.84 Å². The lowest BCUT2D eigenvalue weighted by Gasteiger charge is -2.21. The number of carbonyl (C=O) groups is 2. The van der Waals surface area contributed by atoms with Crippen LogP contribution in [0.25, 0.3) is 0 Å². The van der Waals surface area contributed by atoms with Crippen molar-refractivity contribution in [1.29, 1.82) is 0 Å². The lowest BCUT2D eigenvalue weighted by Crippen LogP contribution is -2.44. The summed E-state index contributed by atoms with van der Waals surface area (Å²) in [7, 11) is -4.56. The maximum absolute atomic E-state index is 12.1. The average Bonchev–Trinajstić information content (AvgIpc) is 2.44. The molecule has 0 saturated heterocycles. The van der Waals surface area contributed by atoms with Gasteiger partial charge in [0.1, 0.15) is 16.5 Å². The van der Waals surface area contributed by atoms with Crippen LogP contribution in [0.3, 0.4) is 0 Å². The highest BCUT2D eigenvalue weighted by molar-refractivity contribution is 7.85. The molecule has 140 valence electrons. The van der Waals surface area contributed by atoms with E-state index in [-0.39, 0.29) is 11.3 Å². The van der Waals surface area contributed by atoms with E-state index in [0.29, 0.717) is 0 Å². The molecule has 0 heterocycles. The summed E-state index contributed by atoms with van der Waals surface area (Å²) in [6, 6.07) is 2.67. The van der Waals surface area contributed by atoms with Gasteiger partial charge < -0.3 is 20.5 Å². The third-order valence-electron chi connectivity index (χ3n) is 2.91. The molecule has 1 unspecified atom stereocenters. The molecule has 0 radical (unpaired) electrons. The third-order valence-corrected chi connectivity index (χ3v) is 3.85. The maximum Gasteiger partial charge on any atom is 0.408 e. The summed E-state index contributed by atoms with van der Waals surface area (Å²) in [5, 5.41) is 13.9. The van der Waals surface area contributed by atoms with Gasteiger partial charge >= 0.3 is 6.09 Å². The summed E-state index contributed by atoms with van der Waals surface area (Å²) in [5.74, 6) is -0.621. The monoisotopic (exact) mass is 374 g/mol. The fourth-order valence-corrected chi connectivity index (χ4v) is 2.54. The molecule has 0 aliphatic carbocycles. The smallest absolute Gasteiger partial charge is 0.408 e. The van der Waals surface area contributed by atoms with E-state index < -0.39 is 45.3 Å². The molecule has 0 fully saturated rings. The van der Waals surface area contributed by atoms with Gasteiger partial charge in [-0.25, -0.2) is 4.79 Å². The van der Waals surface area contributed by atoms with Crippen molar-refractivity contribution >= 4 is 27.8 Å². The van der Waals surface area contributed by atoms with Crippen LogP contribution >= 0.6 is 0 Å². The molecule has 0 bridgehead atoms. The number of aliphatic hydroxyl groups excluding tert-OH is 1. The van der Waals surface area contributed by atoms with E-state index in [1.807, 2.05) is 0 Å². The number of benzene rings is 1. The van der Waals surface area contributed by atoms with Gasteiger partial charge in [-0.2, -0.15) is 8.42 Å². The molecule has 2 amide bonds. The standard InChI is InChI=1S/C15H22N2O7S/c1-9(16-14(20)24-15(2,3)4)13(19)17-11-6-5-10(8-18)12(7-11)25(21,22)23/h5-7,9,18H,8H2,1-4H3,(H,16,20)(H,17,19)(H,21,22,23). The topological polar surface area (TPSA) is 142 Å². The zero-order chi connectivity index (χ0) is 19.4. The van der Waals surface area contributed by atoms with Gasteiger partial charge in [-0.1, -0.05) is 6.07 Å². The Morgan fingerprint density at radius 1 is 1.28 bits per heavy atom. The van der Waals surface area contributed by atoms with E-state index in [1.165, 1.54) is 19.1 Å². The first-order valence-electron chi connectivity index (χ1n) is 7.35. The van der Waals surface area contributed by atoms with Gasteiger partial charge in [0.15, 0.2) is 0 Å². The highest BCUT2D eigenvalue weighted by Gasteiger charge is 2.22. The number of carbonyl (C=O) groups excluding carboxylic acids is 2. The fourth-order valence-electron chi connectivity index (χ4n) is 1.80. The molecule has 0 spiro atoms. The van der Waals surface area contributed by atoms with E-state index in [9.17, 15) is 22.6 Å². The highest BCUT2D eigenvalue weighted by Crippen LogP contribution is 2.21. The predicted octanol–water partition coefficient (Wildman–Crippen LogP) is 1.28. The molecule has 10 heteroatoms. The summed E-state index contributed by atoms with van der Waals surface area (Å²) in [4.78, 5) is 23.2. The second-order valence-corrected chi connectivity index (χ2v) is 7.70. The first kappa shape index (κ1) is 20.9. The molecule has 1 aromatic carbocycles. The number of ether oxygens (including phenoxy) is 1. The van der Waals surface area contributed by atoms with Gasteiger partial charge in [-0.15, -0.1) is 0 Å². The third kappa shape index (κ3) is 6.69. The van der Waals surface area contributed by atoms with Crippen molar-refractivity contribution in [2.24, 2.45) is 0 Å². The summed E-state index contributed by atoms with van der Waals surface area (Å²) in [6.45, 7) is 5.86. The van der Waals surface area contributed by atoms with Crippen LogP contribution in [-0.2, 0) is 26.3 Å². The number of hydrogen-bond donors (Lipinski definition) is 4. The molecule has 1 rings (SSSR count). The summed E-state index contributed by atoms with van der Waals surface area (Å²) in [6.07, 6.45) is -0.774. The zero-order valence-corrected chi connectivity index (χ0v) is 15.2. The van der Waals surface area contributed by atoms with Gasteiger partial charge in [0, 0.05) is 5.69 Å². The molecule has 0 aliphatic rings. The van der Waals surface area contributed by atoms with Crippen LogP contribution in [0.5, 0.6) is 0 Å². The van der Waals surface area contributed by atoms with E-state index in [1.54, 1.807) is 20.8 Å². The molecule has 9 nitrogen and oxygen atoms in total. The number of rotatable bonds is 5. The second kappa shape index (κ2) is 7.81. The van der Waals surface area contributed by atoms with Gasteiger partial charge in [-0.3, -0.25) is 9.35 Å². The Balaban J connectivity index is 2.85. The van der Waals surface area contributed by atoms with Gasteiger partial charge in [-0.05, 0) is 45.4 Å². The van der Waals surface area contributed by atoms with E-state index >= 15 is 0 Å². The van der Waals surface area contributed by atoms with E-state index in [0.717, 1.165) is 6.07 Å². The average molecular weight is 374 g/mol. The number of aliphatic hydroxyl groups is 1. The molecule has 0 aliphatic heterocycles. The van der Waals surface area contributed by atoms with Crippen LogP contribution in [0, 0.1) is 0 Å². The lowest BCUT2D eigenvalue weighted by atomic mass is 10.2. The molecule has 4 N–H and O–H groups in total. The van der Waals surface area contributed by atoms with Gasteiger partial charge in [0.05, 0.1) is 6.61 Å². The van der Waals surface area contributed by atoms with Crippen LogP contribution in [0.15, 0.2) is 23.1 Å². The molecule has 25 heavy (non-hydrogen) atoms. The summed E-state index contributed by atoms with van der Waals surface area (Å²) >= 11 is 0. The van der Waals surface area contributed by atoms with Gasteiger partial charge in [0.2, 0.25) is 5.91 Å². The van der Waals surface area contributed by atoms with Crippen LogP contribution in [0.2, 0.25) is 0 Å². The largest absolute Gasteiger partial charge is 0.444 e. The Morgan fingerprint density at radius 3 is 2.36 bits per heavy atom. The lowest BCUT2D eigenvalue weighted by molar-refractivity contribution is -0.117. The SMILES string of the molecule is CC(NC(=O)OC(C)(C)C)C(=O)Nc1ccc(CO)c(S(=O)(=O)O)c1. The minimum Gasteiger partial charge on any atom is -0.444 e. The normalized spacial score (nSPS) is 13.0. The molecule has 1 atom stereocenters. The van der Waals surface area contributed by atoms with Crippen molar-refractivity contribution < 1.29 is 32.4 Å². The van der Waals surface area contributed by atoms with Crippen molar-refractivity contribution in [1.82, 2.24) is 5.32 Å². The van der Waals surface area contributed by atoms with Crippen LogP contribution in [0.1, 0.15) is 33.3 Å². The van der Waals surface area contributed by atoms with Crippen molar-refractivity contribution in [2.45, 2.75) is 50.8 Å². The quantitative estimate of drug-likeness (QED) is 0.569. The second-order valence-electron chi connectivity index (χ2n) is 6.31. The van der Waals surface area contributed by atoms with Crippen molar-refractivity contribution in [3.05, 3.63) is 23.8 Å². The number of hydrogen-bond acceptors (Lipinski definition) is 6. The highest BCUT2D eigenvalue weighted by atomic mass is 32.2. The molecule has 0 saturated carbocycles. The minimum absolute atomic E-state index is 0.0135. The minimum atomic E-state index is -4.56.